The molecule has 12 heavy (non-hydrogen) atoms. The second-order valence-corrected chi connectivity index (χ2v) is 4.64. The van der Waals surface area contributed by atoms with Gasteiger partial charge in [0.1, 0.15) is 0 Å². The molecule has 68 valence electrons. The van der Waals surface area contributed by atoms with Crippen molar-refractivity contribution in [2.75, 3.05) is 0 Å². The van der Waals surface area contributed by atoms with Crippen LogP contribution in [-0.2, 0) is 0 Å². The van der Waals surface area contributed by atoms with E-state index >= 15 is 0 Å². The predicted octanol–water partition coefficient (Wildman–Crippen LogP) is 3.78. The Bertz CT molecular complexity index is 182. The lowest BCUT2D eigenvalue weighted by molar-refractivity contribution is 0.319. The van der Waals surface area contributed by atoms with Crippen molar-refractivity contribution in [3.05, 3.63) is 11.6 Å². The molecule has 0 aromatic rings. The maximum Gasteiger partial charge on any atom is -0.00199 e. The standard InChI is InChI=1S/C12H20/c1-3-10-8-12(10)11-6-4-9(2)5-7-11/h8-11H,3-7H2,1-2H3. The monoisotopic (exact) mass is 164 g/mol. The zero-order valence-corrected chi connectivity index (χ0v) is 8.34. The molecular weight excluding hydrogens is 144 g/mol. The predicted molar refractivity (Wildman–Crippen MR) is 53.0 cm³/mol. The molecule has 0 bridgehead atoms. The minimum Gasteiger partial charge on any atom is -0.0773 e. The van der Waals surface area contributed by atoms with Gasteiger partial charge in [-0.3, -0.25) is 0 Å². The molecule has 2 aliphatic rings. The molecule has 0 N–H and O–H groups in total. The van der Waals surface area contributed by atoms with Gasteiger partial charge in [-0.1, -0.05) is 38.3 Å². The fourth-order valence-electron chi connectivity index (χ4n) is 2.57. The van der Waals surface area contributed by atoms with Crippen molar-refractivity contribution in [2.24, 2.45) is 17.8 Å². The maximum absolute atomic E-state index is 2.50. The van der Waals surface area contributed by atoms with Gasteiger partial charge in [0.2, 0.25) is 0 Å². The van der Waals surface area contributed by atoms with Crippen LogP contribution in [0.25, 0.3) is 0 Å². The summed E-state index contributed by atoms with van der Waals surface area (Å²) in [6.07, 6.45) is 9.74. The maximum atomic E-state index is 2.50. The smallest absolute Gasteiger partial charge is 0.00199 e. The second kappa shape index (κ2) is 3.24. The van der Waals surface area contributed by atoms with E-state index in [1.54, 1.807) is 0 Å². The fraction of sp³-hybridized carbons (Fsp3) is 0.833. The molecule has 0 aromatic heterocycles. The van der Waals surface area contributed by atoms with Crippen LogP contribution in [0.5, 0.6) is 0 Å². The molecule has 0 aromatic carbocycles. The Morgan fingerprint density at radius 3 is 2.42 bits per heavy atom. The Morgan fingerprint density at radius 1 is 1.25 bits per heavy atom. The molecule has 2 rings (SSSR count). The molecule has 0 aliphatic heterocycles. The van der Waals surface area contributed by atoms with Crippen LogP contribution in [0.1, 0.15) is 46.0 Å². The van der Waals surface area contributed by atoms with Crippen LogP contribution in [0.3, 0.4) is 0 Å². The van der Waals surface area contributed by atoms with Crippen molar-refractivity contribution in [3.63, 3.8) is 0 Å². The van der Waals surface area contributed by atoms with E-state index in [2.05, 4.69) is 19.9 Å². The zero-order chi connectivity index (χ0) is 8.55. The Balaban J connectivity index is 1.80. The van der Waals surface area contributed by atoms with Gasteiger partial charge in [-0.2, -0.15) is 0 Å². The first-order valence-electron chi connectivity index (χ1n) is 5.53. The lowest BCUT2D eigenvalue weighted by atomic mass is 9.81. The molecule has 0 heterocycles. The van der Waals surface area contributed by atoms with E-state index in [-0.39, 0.29) is 0 Å². The van der Waals surface area contributed by atoms with Gasteiger partial charge in [0.25, 0.3) is 0 Å². The summed E-state index contributed by atoms with van der Waals surface area (Å²) in [7, 11) is 0. The minimum atomic E-state index is 0.920. The number of allylic oxidation sites excluding steroid dienone is 2. The lowest BCUT2D eigenvalue weighted by Gasteiger charge is -2.25. The summed E-state index contributed by atoms with van der Waals surface area (Å²) in [6, 6.07) is 0. The topological polar surface area (TPSA) is 0 Å². The summed E-state index contributed by atoms with van der Waals surface area (Å²) in [5, 5.41) is 0. The van der Waals surface area contributed by atoms with Gasteiger partial charge in [0.15, 0.2) is 0 Å². The molecule has 0 spiro atoms. The van der Waals surface area contributed by atoms with Crippen molar-refractivity contribution in [1.29, 1.82) is 0 Å². The Morgan fingerprint density at radius 2 is 1.92 bits per heavy atom. The molecule has 0 amide bonds. The molecule has 1 atom stereocenters. The second-order valence-electron chi connectivity index (χ2n) is 4.64. The van der Waals surface area contributed by atoms with E-state index in [0.717, 1.165) is 17.8 Å². The van der Waals surface area contributed by atoms with E-state index in [1.807, 2.05) is 5.57 Å². The summed E-state index contributed by atoms with van der Waals surface area (Å²) in [5.74, 6) is 2.91. The summed E-state index contributed by atoms with van der Waals surface area (Å²) in [5.41, 5.74) is 1.81. The summed E-state index contributed by atoms with van der Waals surface area (Å²) < 4.78 is 0. The van der Waals surface area contributed by atoms with Crippen LogP contribution in [0, 0.1) is 17.8 Å². The van der Waals surface area contributed by atoms with Crippen molar-refractivity contribution < 1.29 is 0 Å². The number of hydrogen-bond donors (Lipinski definition) is 0. The van der Waals surface area contributed by atoms with Gasteiger partial charge in [-0.05, 0) is 37.0 Å². The van der Waals surface area contributed by atoms with E-state index in [1.165, 1.54) is 32.1 Å². The van der Waals surface area contributed by atoms with Crippen LogP contribution >= 0.6 is 0 Å². The summed E-state index contributed by atoms with van der Waals surface area (Å²) >= 11 is 0. The van der Waals surface area contributed by atoms with Gasteiger partial charge in [-0.15, -0.1) is 0 Å². The van der Waals surface area contributed by atoms with Gasteiger partial charge in [-0.25, -0.2) is 0 Å². The normalized spacial score (nSPS) is 40.8. The van der Waals surface area contributed by atoms with E-state index in [0.29, 0.717) is 0 Å². The highest BCUT2D eigenvalue weighted by Crippen LogP contribution is 2.44. The summed E-state index contributed by atoms with van der Waals surface area (Å²) in [4.78, 5) is 0. The molecule has 2 aliphatic carbocycles. The average molecular weight is 164 g/mol. The van der Waals surface area contributed by atoms with Crippen molar-refractivity contribution >= 4 is 0 Å². The molecule has 1 fully saturated rings. The molecule has 0 heteroatoms. The van der Waals surface area contributed by atoms with Gasteiger partial charge < -0.3 is 0 Å². The molecular formula is C12H20. The van der Waals surface area contributed by atoms with Crippen LogP contribution < -0.4 is 0 Å². The fourth-order valence-corrected chi connectivity index (χ4v) is 2.57. The third kappa shape index (κ3) is 1.57. The highest BCUT2D eigenvalue weighted by molar-refractivity contribution is 5.31. The number of hydrogen-bond acceptors (Lipinski definition) is 0. The van der Waals surface area contributed by atoms with Crippen molar-refractivity contribution in [3.8, 4) is 0 Å². The highest BCUT2D eigenvalue weighted by Gasteiger charge is 2.31. The Labute approximate surface area is 76.1 Å². The Hall–Kier alpha value is -0.260. The van der Waals surface area contributed by atoms with E-state index in [4.69, 9.17) is 0 Å². The van der Waals surface area contributed by atoms with Crippen LogP contribution in [0.2, 0.25) is 0 Å². The third-order valence-electron chi connectivity index (χ3n) is 3.64. The minimum absolute atomic E-state index is 0.920. The highest BCUT2D eigenvalue weighted by atomic mass is 14.4. The zero-order valence-electron chi connectivity index (χ0n) is 8.34. The van der Waals surface area contributed by atoms with Gasteiger partial charge >= 0.3 is 0 Å². The Kier molecular flexibility index (Phi) is 2.25. The van der Waals surface area contributed by atoms with Gasteiger partial charge in [0.05, 0.1) is 0 Å². The van der Waals surface area contributed by atoms with Crippen LogP contribution in [-0.4, -0.2) is 0 Å². The van der Waals surface area contributed by atoms with E-state index in [9.17, 15) is 0 Å². The number of rotatable bonds is 2. The molecule has 0 radical (unpaired) electrons. The molecule has 1 unspecified atom stereocenters. The van der Waals surface area contributed by atoms with E-state index < -0.39 is 0 Å². The first-order valence-corrected chi connectivity index (χ1v) is 5.53. The van der Waals surface area contributed by atoms with Crippen LogP contribution in [0.4, 0.5) is 0 Å². The van der Waals surface area contributed by atoms with Crippen molar-refractivity contribution in [1.82, 2.24) is 0 Å². The summed E-state index contributed by atoms with van der Waals surface area (Å²) in [6.45, 7) is 4.70. The van der Waals surface area contributed by atoms with Gasteiger partial charge in [0, 0.05) is 0 Å². The SMILES string of the molecule is CCC1C=C1C1CCC(C)CC1. The average Bonchev–Trinajstić information content (AvgIpc) is 2.85. The van der Waals surface area contributed by atoms with Crippen molar-refractivity contribution in [2.45, 2.75) is 46.0 Å². The molecule has 0 nitrogen and oxygen atoms in total. The molecule has 1 saturated carbocycles. The molecule has 0 saturated heterocycles. The van der Waals surface area contributed by atoms with Crippen LogP contribution in [0.15, 0.2) is 11.6 Å². The first-order chi connectivity index (χ1) is 5.81. The quantitative estimate of drug-likeness (QED) is 0.545. The largest absolute Gasteiger partial charge is 0.0773 e. The first kappa shape index (κ1) is 8.34. The lowest BCUT2D eigenvalue weighted by Crippen LogP contribution is -2.12. The third-order valence-corrected chi connectivity index (χ3v) is 3.64.